The summed E-state index contributed by atoms with van der Waals surface area (Å²) in [6.45, 7) is 15.3. The fraction of sp³-hybridized carbons (Fsp3) is 0.800. The van der Waals surface area contributed by atoms with Crippen LogP contribution in [0.3, 0.4) is 0 Å². The lowest BCUT2D eigenvalue weighted by atomic mass is 10.0. The molecule has 0 amide bonds. The summed E-state index contributed by atoms with van der Waals surface area (Å²) >= 11 is 1.81. The number of nitrogens with one attached hydrogen (secondary N) is 1. The molecule has 0 fully saturated rings. The normalized spacial score (nSPS) is 12.2. The first-order valence-corrected chi connectivity index (χ1v) is 8.00. The molecule has 0 radical (unpaired) electrons. The highest BCUT2D eigenvalue weighted by atomic mass is 32.1. The highest BCUT2D eigenvalue weighted by Gasteiger charge is 2.24. The van der Waals surface area contributed by atoms with Gasteiger partial charge in [-0.1, -0.05) is 20.8 Å². The average Bonchev–Trinajstić information content (AvgIpc) is 2.69. The maximum Gasteiger partial charge on any atom is 0.185 e. The van der Waals surface area contributed by atoms with Gasteiger partial charge in [0.05, 0.1) is 5.69 Å². The number of nitrogens with zero attached hydrogens (tertiary/aromatic N) is 2. The summed E-state index contributed by atoms with van der Waals surface area (Å²) in [6, 6.07) is 0. The number of aryl methyl sites for hydroxylation is 1. The van der Waals surface area contributed by atoms with Crippen LogP contribution in [0, 0.1) is 12.8 Å². The van der Waals surface area contributed by atoms with E-state index < -0.39 is 0 Å². The Morgan fingerprint density at radius 2 is 2.00 bits per heavy atom. The van der Waals surface area contributed by atoms with E-state index in [0.717, 1.165) is 30.3 Å². The summed E-state index contributed by atoms with van der Waals surface area (Å²) in [7, 11) is 2.15. The first-order valence-electron chi connectivity index (χ1n) is 7.18. The summed E-state index contributed by atoms with van der Waals surface area (Å²) < 4.78 is 0. The Labute approximate surface area is 122 Å². The monoisotopic (exact) mass is 283 g/mol. The quantitative estimate of drug-likeness (QED) is 0.824. The molecule has 0 unspecified atom stereocenters. The zero-order valence-corrected chi connectivity index (χ0v) is 14.3. The van der Waals surface area contributed by atoms with Gasteiger partial charge in [-0.3, -0.25) is 0 Å². The van der Waals surface area contributed by atoms with Gasteiger partial charge in [0, 0.05) is 24.0 Å². The van der Waals surface area contributed by atoms with Crippen molar-refractivity contribution in [2.45, 2.75) is 60.0 Å². The van der Waals surface area contributed by atoms with Crippen molar-refractivity contribution in [3.05, 3.63) is 10.6 Å². The number of rotatable bonds is 7. The zero-order valence-electron chi connectivity index (χ0n) is 13.5. The summed E-state index contributed by atoms with van der Waals surface area (Å²) in [5.41, 5.74) is 1.32. The highest BCUT2D eigenvalue weighted by molar-refractivity contribution is 7.15. The number of anilines is 1. The summed E-state index contributed by atoms with van der Waals surface area (Å²) in [6.07, 6.45) is 1.11. The lowest BCUT2D eigenvalue weighted by Gasteiger charge is -2.34. The number of aromatic nitrogens is 1. The van der Waals surface area contributed by atoms with Crippen LogP contribution in [-0.4, -0.2) is 24.1 Å². The van der Waals surface area contributed by atoms with Gasteiger partial charge in [0.25, 0.3) is 0 Å². The van der Waals surface area contributed by atoms with Gasteiger partial charge in [0.15, 0.2) is 5.13 Å². The van der Waals surface area contributed by atoms with Crippen LogP contribution in [0.15, 0.2) is 0 Å². The summed E-state index contributed by atoms with van der Waals surface area (Å²) in [5.74, 6) is 0.689. The standard InChI is InChI=1S/C15H29N3S/c1-8-15(5,6)18(7)14-17-12(4)13(19-14)10-16-9-11(2)3/h11,16H,8-10H2,1-7H3. The van der Waals surface area contributed by atoms with E-state index in [9.17, 15) is 0 Å². The minimum atomic E-state index is 0.160. The van der Waals surface area contributed by atoms with Crippen molar-refractivity contribution < 1.29 is 0 Å². The second-order valence-corrected chi connectivity index (χ2v) is 7.32. The maximum absolute atomic E-state index is 4.73. The van der Waals surface area contributed by atoms with Crippen molar-refractivity contribution in [3.63, 3.8) is 0 Å². The smallest absolute Gasteiger partial charge is 0.185 e. The molecule has 0 saturated heterocycles. The molecule has 1 rings (SSSR count). The van der Waals surface area contributed by atoms with Crippen LogP contribution in [0.2, 0.25) is 0 Å². The highest BCUT2D eigenvalue weighted by Crippen LogP contribution is 2.30. The van der Waals surface area contributed by atoms with E-state index in [-0.39, 0.29) is 5.54 Å². The Kier molecular flexibility index (Phi) is 5.81. The van der Waals surface area contributed by atoms with Gasteiger partial charge in [-0.05, 0) is 39.7 Å². The van der Waals surface area contributed by atoms with Crippen molar-refractivity contribution in [1.82, 2.24) is 10.3 Å². The molecule has 0 spiro atoms. The van der Waals surface area contributed by atoms with E-state index in [0.29, 0.717) is 5.92 Å². The van der Waals surface area contributed by atoms with Crippen molar-refractivity contribution in [1.29, 1.82) is 0 Å². The third-order valence-electron chi connectivity index (χ3n) is 3.78. The predicted molar refractivity (Wildman–Crippen MR) is 86.2 cm³/mol. The SMILES string of the molecule is CCC(C)(C)N(C)c1nc(C)c(CNCC(C)C)s1. The molecule has 0 aliphatic carbocycles. The second-order valence-electron chi connectivity index (χ2n) is 6.25. The molecular formula is C15H29N3S. The molecule has 4 heteroatoms. The molecule has 110 valence electrons. The van der Waals surface area contributed by atoms with Crippen molar-refractivity contribution in [3.8, 4) is 0 Å². The van der Waals surface area contributed by atoms with E-state index in [1.165, 1.54) is 4.88 Å². The molecule has 1 aromatic heterocycles. The maximum atomic E-state index is 4.73. The van der Waals surface area contributed by atoms with Crippen LogP contribution >= 0.6 is 11.3 Å². The molecule has 0 aliphatic rings. The molecule has 19 heavy (non-hydrogen) atoms. The molecule has 1 aromatic rings. The van der Waals surface area contributed by atoms with Gasteiger partial charge < -0.3 is 10.2 Å². The van der Waals surface area contributed by atoms with Gasteiger partial charge in [0.1, 0.15) is 0 Å². The van der Waals surface area contributed by atoms with Crippen LogP contribution in [0.1, 0.15) is 51.6 Å². The fourth-order valence-corrected chi connectivity index (χ4v) is 2.85. The minimum absolute atomic E-state index is 0.160. The Morgan fingerprint density at radius 3 is 2.53 bits per heavy atom. The molecule has 0 bridgehead atoms. The summed E-state index contributed by atoms with van der Waals surface area (Å²) in [4.78, 5) is 8.39. The average molecular weight is 283 g/mol. The minimum Gasteiger partial charge on any atom is -0.346 e. The van der Waals surface area contributed by atoms with E-state index in [1.54, 1.807) is 0 Å². The van der Waals surface area contributed by atoms with E-state index >= 15 is 0 Å². The number of hydrogen-bond acceptors (Lipinski definition) is 4. The molecule has 1 heterocycles. The van der Waals surface area contributed by atoms with Gasteiger partial charge >= 0.3 is 0 Å². The Bertz CT molecular complexity index is 396. The molecule has 1 N–H and O–H groups in total. The number of hydrogen-bond donors (Lipinski definition) is 1. The lowest BCUT2D eigenvalue weighted by molar-refractivity contribution is 0.470. The van der Waals surface area contributed by atoms with Crippen LogP contribution < -0.4 is 10.2 Å². The molecule has 3 nitrogen and oxygen atoms in total. The van der Waals surface area contributed by atoms with Gasteiger partial charge in [-0.25, -0.2) is 4.98 Å². The Balaban J connectivity index is 2.73. The Hall–Kier alpha value is -0.610. The Morgan fingerprint density at radius 1 is 1.37 bits per heavy atom. The van der Waals surface area contributed by atoms with Crippen LogP contribution in [0.5, 0.6) is 0 Å². The number of thiazole rings is 1. The molecular weight excluding hydrogens is 254 g/mol. The molecule has 0 aromatic carbocycles. The van der Waals surface area contributed by atoms with Crippen molar-refractivity contribution in [2.24, 2.45) is 5.92 Å². The van der Waals surface area contributed by atoms with Gasteiger partial charge in [-0.15, -0.1) is 11.3 Å². The van der Waals surface area contributed by atoms with Gasteiger partial charge in [0.2, 0.25) is 0 Å². The third-order valence-corrected chi connectivity index (χ3v) is 5.01. The zero-order chi connectivity index (χ0) is 14.6. The van der Waals surface area contributed by atoms with E-state index in [2.05, 4.69) is 58.8 Å². The van der Waals surface area contributed by atoms with E-state index in [4.69, 9.17) is 4.98 Å². The molecule has 0 saturated carbocycles. The van der Waals surface area contributed by atoms with Gasteiger partial charge in [-0.2, -0.15) is 0 Å². The first-order chi connectivity index (χ1) is 8.77. The molecule has 0 aliphatic heterocycles. The largest absolute Gasteiger partial charge is 0.346 e. The van der Waals surface area contributed by atoms with Crippen LogP contribution in [0.25, 0.3) is 0 Å². The topological polar surface area (TPSA) is 28.2 Å². The third kappa shape index (κ3) is 4.46. The predicted octanol–water partition coefficient (Wildman–Crippen LogP) is 3.82. The van der Waals surface area contributed by atoms with E-state index in [1.807, 2.05) is 11.3 Å². The van der Waals surface area contributed by atoms with Crippen molar-refractivity contribution >= 4 is 16.5 Å². The second kappa shape index (κ2) is 6.71. The lowest BCUT2D eigenvalue weighted by Crippen LogP contribution is -2.40. The molecule has 0 atom stereocenters. The van der Waals surface area contributed by atoms with Crippen LogP contribution in [-0.2, 0) is 6.54 Å². The fourth-order valence-electron chi connectivity index (χ4n) is 1.69. The first kappa shape index (κ1) is 16.4. The summed E-state index contributed by atoms with van der Waals surface area (Å²) in [5, 5.41) is 4.63. The van der Waals surface area contributed by atoms with Crippen molar-refractivity contribution in [2.75, 3.05) is 18.5 Å². The van der Waals surface area contributed by atoms with Crippen LogP contribution in [0.4, 0.5) is 5.13 Å².